The highest BCUT2D eigenvalue weighted by Gasteiger charge is 2.14. The molecule has 0 atom stereocenters. The summed E-state index contributed by atoms with van der Waals surface area (Å²) in [6.45, 7) is 4.82. The Kier molecular flexibility index (Phi) is 6.85. The third-order valence-corrected chi connectivity index (χ3v) is 6.35. The molecule has 1 aliphatic rings. The molecule has 1 saturated heterocycles. The third kappa shape index (κ3) is 4.86. The van der Waals surface area contributed by atoms with Gasteiger partial charge in [0, 0.05) is 42.3 Å². The van der Waals surface area contributed by atoms with Gasteiger partial charge in [0.1, 0.15) is 0 Å². The molecule has 0 bridgehead atoms. The first-order valence-electron chi connectivity index (χ1n) is 10.4. The van der Waals surface area contributed by atoms with E-state index in [0.717, 1.165) is 12.2 Å². The maximum atomic E-state index is 4.79. The van der Waals surface area contributed by atoms with Crippen LogP contribution in [0.5, 0.6) is 0 Å². The van der Waals surface area contributed by atoms with Gasteiger partial charge in [-0.1, -0.05) is 67.1 Å². The maximum absolute atomic E-state index is 4.79. The third-order valence-electron chi connectivity index (χ3n) is 5.41. The highest BCUT2D eigenvalue weighted by atomic mass is 32.2. The van der Waals surface area contributed by atoms with Gasteiger partial charge in [-0.3, -0.25) is 0 Å². The van der Waals surface area contributed by atoms with Crippen LogP contribution in [-0.4, -0.2) is 45.6 Å². The monoisotopic (exact) mass is 391 g/mol. The van der Waals surface area contributed by atoms with E-state index in [1.54, 1.807) is 0 Å². The van der Waals surface area contributed by atoms with Crippen molar-refractivity contribution in [1.82, 2.24) is 14.5 Å². The summed E-state index contributed by atoms with van der Waals surface area (Å²) in [6.07, 6.45) is 5.79. The molecule has 0 radical (unpaired) electrons. The molecule has 2 aromatic carbocycles. The number of thioether (sulfide) groups is 1. The van der Waals surface area contributed by atoms with Crippen molar-refractivity contribution in [2.75, 3.05) is 31.1 Å². The van der Waals surface area contributed by atoms with Crippen molar-refractivity contribution in [2.24, 2.45) is 0 Å². The number of hydrogen-bond donors (Lipinski definition) is 0. The predicted molar refractivity (Wildman–Crippen MR) is 121 cm³/mol. The lowest BCUT2D eigenvalue weighted by Gasteiger charge is -2.25. The number of imidazole rings is 1. The zero-order valence-electron chi connectivity index (χ0n) is 16.5. The second-order valence-electron chi connectivity index (χ2n) is 7.38. The number of unbranched alkanes of at least 4 members (excludes halogenated alkanes) is 2. The van der Waals surface area contributed by atoms with Crippen molar-refractivity contribution < 1.29 is 0 Å². The number of benzene rings is 2. The topological polar surface area (TPSA) is 21.1 Å². The lowest BCUT2D eigenvalue weighted by atomic mass is 10.0. The van der Waals surface area contributed by atoms with Gasteiger partial charge in [-0.25, -0.2) is 4.98 Å². The predicted octanol–water partition coefficient (Wildman–Crippen LogP) is 5.44. The minimum absolute atomic E-state index is 1.03. The lowest BCUT2D eigenvalue weighted by Crippen LogP contribution is -2.33. The number of aromatic nitrogens is 2. The van der Waals surface area contributed by atoms with Crippen molar-refractivity contribution in [3.8, 4) is 22.5 Å². The molecule has 3 nitrogen and oxygen atoms in total. The minimum atomic E-state index is 1.03. The number of aryl methyl sites for hydroxylation is 1. The van der Waals surface area contributed by atoms with Gasteiger partial charge in [-0.15, -0.1) is 0 Å². The molecule has 4 rings (SSSR count). The van der Waals surface area contributed by atoms with Crippen molar-refractivity contribution in [3.63, 3.8) is 0 Å². The fourth-order valence-electron chi connectivity index (χ4n) is 3.88. The van der Waals surface area contributed by atoms with E-state index in [-0.39, 0.29) is 0 Å². The summed E-state index contributed by atoms with van der Waals surface area (Å²) in [5, 5.41) is 0. The first-order valence-corrected chi connectivity index (χ1v) is 11.5. The number of hydrogen-bond acceptors (Lipinski definition) is 3. The summed E-state index contributed by atoms with van der Waals surface area (Å²) in [5.74, 6) is 2.61. The van der Waals surface area contributed by atoms with E-state index in [0.29, 0.717) is 0 Å². The molecule has 0 spiro atoms. The molecule has 146 valence electrons. The molecule has 0 amide bonds. The van der Waals surface area contributed by atoms with Crippen molar-refractivity contribution in [2.45, 2.75) is 25.8 Å². The second-order valence-corrected chi connectivity index (χ2v) is 8.61. The van der Waals surface area contributed by atoms with Crippen LogP contribution in [0.4, 0.5) is 0 Å². The van der Waals surface area contributed by atoms with Gasteiger partial charge in [-0.2, -0.15) is 11.8 Å². The van der Waals surface area contributed by atoms with E-state index < -0.39 is 0 Å². The van der Waals surface area contributed by atoms with Gasteiger partial charge in [0.05, 0.1) is 17.7 Å². The van der Waals surface area contributed by atoms with Crippen LogP contribution in [0.1, 0.15) is 19.3 Å². The van der Waals surface area contributed by atoms with Gasteiger partial charge in [-0.05, 0) is 19.4 Å². The van der Waals surface area contributed by atoms with Gasteiger partial charge >= 0.3 is 0 Å². The second kappa shape index (κ2) is 9.94. The van der Waals surface area contributed by atoms with Crippen LogP contribution in [-0.2, 0) is 6.54 Å². The smallest absolute Gasteiger partial charge is 0.0963 e. The Morgan fingerprint density at radius 3 is 2.11 bits per heavy atom. The van der Waals surface area contributed by atoms with E-state index in [4.69, 9.17) is 4.98 Å². The lowest BCUT2D eigenvalue weighted by molar-refractivity contribution is 0.293. The molecule has 1 aromatic heterocycles. The quantitative estimate of drug-likeness (QED) is 0.477. The molecule has 0 N–H and O–H groups in total. The average molecular weight is 392 g/mol. The van der Waals surface area contributed by atoms with E-state index in [1.165, 1.54) is 67.2 Å². The van der Waals surface area contributed by atoms with E-state index in [2.05, 4.69) is 81.9 Å². The molecule has 1 aliphatic heterocycles. The van der Waals surface area contributed by atoms with E-state index >= 15 is 0 Å². The molecule has 0 unspecified atom stereocenters. The first-order chi connectivity index (χ1) is 13.9. The van der Waals surface area contributed by atoms with Crippen LogP contribution < -0.4 is 0 Å². The standard InChI is InChI=1S/C24H29N3S/c1-4-10-21(11-5-1)23-24(22-12-6-2-7-13-22)27(20-25-23)15-9-3-8-14-26-16-18-28-19-17-26/h1-2,4-7,10-13,20H,3,8-9,14-19H2. The first kappa shape index (κ1) is 19.3. The van der Waals surface area contributed by atoms with Gasteiger partial charge in [0.15, 0.2) is 0 Å². The molecular weight excluding hydrogens is 362 g/mol. The Balaban J connectivity index is 1.42. The Morgan fingerprint density at radius 1 is 0.750 bits per heavy atom. The molecule has 0 aliphatic carbocycles. The molecular formula is C24H29N3S. The molecule has 4 heteroatoms. The number of nitrogens with zero attached hydrogens (tertiary/aromatic N) is 3. The van der Waals surface area contributed by atoms with Crippen molar-refractivity contribution >= 4 is 11.8 Å². The molecule has 1 fully saturated rings. The van der Waals surface area contributed by atoms with Crippen LogP contribution in [0.3, 0.4) is 0 Å². The van der Waals surface area contributed by atoms with Gasteiger partial charge < -0.3 is 9.47 Å². The molecule has 2 heterocycles. The number of rotatable bonds is 8. The summed E-state index contributed by atoms with van der Waals surface area (Å²) < 4.78 is 2.34. The van der Waals surface area contributed by atoms with E-state index in [1.807, 2.05) is 6.33 Å². The Bertz CT molecular complexity index is 839. The zero-order chi connectivity index (χ0) is 19.0. The van der Waals surface area contributed by atoms with Gasteiger partial charge in [0.25, 0.3) is 0 Å². The minimum Gasteiger partial charge on any atom is -0.330 e. The summed E-state index contributed by atoms with van der Waals surface area (Å²) >= 11 is 2.09. The van der Waals surface area contributed by atoms with Crippen LogP contribution >= 0.6 is 11.8 Å². The highest BCUT2D eigenvalue weighted by molar-refractivity contribution is 7.99. The highest BCUT2D eigenvalue weighted by Crippen LogP contribution is 2.31. The van der Waals surface area contributed by atoms with Crippen LogP contribution in [0, 0.1) is 0 Å². The summed E-state index contributed by atoms with van der Waals surface area (Å²) in [6, 6.07) is 21.2. The summed E-state index contributed by atoms with van der Waals surface area (Å²) in [4.78, 5) is 7.41. The van der Waals surface area contributed by atoms with Crippen LogP contribution in [0.25, 0.3) is 22.5 Å². The maximum Gasteiger partial charge on any atom is 0.0963 e. The largest absolute Gasteiger partial charge is 0.330 e. The fraction of sp³-hybridized carbons (Fsp3) is 0.375. The van der Waals surface area contributed by atoms with Gasteiger partial charge in [0.2, 0.25) is 0 Å². The summed E-state index contributed by atoms with van der Waals surface area (Å²) in [7, 11) is 0. The normalized spacial score (nSPS) is 15.0. The summed E-state index contributed by atoms with van der Waals surface area (Å²) in [5.41, 5.74) is 4.74. The molecule has 28 heavy (non-hydrogen) atoms. The van der Waals surface area contributed by atoms with Crippen LogP contribution in [0.15, 0.2) is 67.0 Å². The SMILES string of the molecule is c1ccc(-c2ncn(CCCCCN3CCSCC3)c2-c2ccccc2)cc1. The molecule has 0 saturated carbocycles. The average Bonchev–Trinajstić information content (AvgIpc) is 3.19. The molecule has 3 aromatic rings. The van der Waals surface area contributed by atoms with Crippen molar-refractivity contribution in [1.29, 1.82) is 0 Å². The Morgan fingerprint density at radius 2 is 1.39 bits per heavy atom. The van der Waals surface area contributed by atoms with Crippen LogP contribution in [0.2, 0.25) is 0 Å². The fourth-order valence-corrected chi connectivity index (χ4v) is 4.86. The Labute approximate surface area is 172 Å². The van der Waals surface area contributed by atoms with Crippen molar-refractivity contribution in [3.05, 3.63) is 67.0 Å². The van der Waals surface area contributed by atoms with E-state index in [9.17, 15) is 0 Å². The Hall–Kier alpha value is -2.04. The zero-order valence-corrected chi connectivity index (χ0v) is 17.3.